The summed E-state index contributed by atoms with van der Waals surface area (Å²) in [4.78, 5) is 24.3. The molecule has 1 saturated heterocycles. The predicted molar refractivity (Wildman–Crippen MR) is 65.3 cm³/mol. The molecule has 1 unspecified atom stereocenters. The van der Waals surface area contributed by atoms with Gasteiger partial charge >= 0.3 is 0 Å². The molecule has 90 valence electrons. The van der Waals surface area contributed by atoms with Crippen LogP contribution in [0.3, 0.4) is 0 Å². The second-order valence-corrected chi connectivity index (χ2v) is 4.11. The molecule has 1 aromatic carbocycles. The normalized spacial score (nSPS) is 20.5. The Morgan fingerprint density at radius 3 is 2.76 bits per heavy atom. The van der Waals surface area contributed by atoms with E-state index < -0.39 is 0 Å². The molecule has 5 heteroatoms. The first-order chi connectivity index (χ1) is 8.09. The molecule has 2 rings (SSSR count). The van der Waals surface area contributed by atoms with Crippen LogP contribution in [0.5, 0.6) is 0 Å². The Hall–Kier alpha value is -2.04. The first-order valence-electron chi connectivity index (χ1n) is 5.51. The summed E-state index contributed by atoms with van der Waals surface area (Å²) in [6, 6.07) is 6.89. The van der Waals surface area contributed by atoms with Crippen molar-refractivity contribution in [3.63, 3.8) is 0 Å². The van der Waals surface area contributed by atoms with E-state index in [1.165, 1.54) is 11.9 Å². The third-order valence-corrected chi connectivity index (χ3v) is 2.94. The van der Waals surface area contributed by atoms with Crippen molar-refractivity contribution >= 4 is 23.2 Å². The molecule has 1 aliphatic heterocycles. The third kappa shape index (κ3) is 2.22. The summed E-state index contributed by atoms with van der Waals surface area (Å²) < 4.78 is 0. The first-order valence-corrected chi connectivity index (χ1v) is 5.51. The lowest BCUT2D eigenvalue weighted by molar-refractivity contribution is -0.146. The van der Waals surface area contributed by atoms with Crippen molar-refractivity contribution in [2.75, 3.05) is 18.1 Å². The van der Waals surface area contributed by atoms with Crippen molar-refractivity contribution in [3.8, 4) is 0 Å². The maximum Gasteiger partial charge on any atom is 0.251 e. The maximum absolute atomic E-state index is 11.9. The highest BCUT2D eigenvalue weighted by Crippen LogP contribution is 2.21. The second kappa shape index (κ2) is 4.45. The van der Waals surface area contributed by atoms with Crippen LogP contribution in [0.4, 0.5) is 11.4 Å². The van der Waals surface area contributed by atoms with Crippen molar-refractivity contribution in [1.29, 1.82) is 0 Å². The van der Waals surface area contributed by atoms with E-state index in [4.69, 9.17) is 5.73 Å². The fraction of sp³-hybridized carbons (Fsp3) is 0.333. The number of nitrogens with one attached hydrogen (secondary N) is 1. The minimum atomic E-state index is -0.373. The number of nitrogens with two attached hydrogens (primary N) is 1. The summed E-state index contributed by atoms with van der Waals surface area (Å²) in [5.74, 6) is -0.335. The Morgan fingerprint density at radius 1 is 1.35 bits per heavy atom. The van der Waals surface area contributed by atoms with Gasteiger partial charge in [0.2, 0.25) is 5.91 Å². The van der Waals surface area contributed by atoms with Gasteiger partial charge in [-0.3, -0.25) is 14.5 Å². The molecule has 5 nitrogen and oxygen atoms in total. The molecule has 1 atom stereocenters. The van der Waals surface area contributed by atoms with Crippen molar-refractivity contribution < 1.29 is 9.59 Å². The van der Waals surface area contributed by atoms with Crippen LogP contribution in [0, 0.1) is 0 Å². The molecule has 0 aliphatic carbocycles. The number of benzene rings is 1. The number of nitrogen functional groups attached to an aromatic ring is 1. The van der Waals surface area contributed by atoms with E-state index in [0.717, 1.165) is 5.69 Å². The van der Waals surface area contributed by atoms with E-state index in [2.05, 4.69) is 5.32 Å². The number of para-hydroxylation sites is 2. The predicted octanol–water partition coefficient (Wildman–Crippen LogP) is 0.828. The molecular weight excluding hydrogens is 218 g/mol. The van der Waals surface area contributed by atoms with Gasteiger partial charge in [0.1, 0.15) is 6.04 Å². The highest BCUT2D eigenvalue weighted by molar-refractivity contribution is 6.01. The average Bonchev–Trinajstić information content (AvgIpc) is 2.32. The number of likely N-dealkylation sites (N-methyl/N-ethyl adjacent to an activating group) is 1. The van der Waals surface area contributed by atoms with E-state index in [1.807, 2.05) is 18.2 Å². The van der Waals surface area contributed by atoms with Crippen LogP contribution in [0.25, 0.3) is 0 Å². The zero-order valence-electron chi connectivity index (χ0n) is 9.64. The Labute approximate surface area is 99.6 Å². The van der Waals surface area contributed by atoms with Crippen LogP contribution in [-0.4, -0.2) is 29.8 Å². The number of hydrogen-bond donors (Lipinski definition) is 2. The van der Waals surface area contributed by atoms with E-state index in [9.17, 15) is 9.59 Å². The SMILES string of the molecule is CN1C(=O)CCC(Nc2ccccc2N)C1=O. The van der Waals surface area contributed by atoms with Gasteiger partial charge in [0.25, 0.3) is 5.91 Å². The van der Waals surface area contributed by atoms with Crippen molar-refractivity contribution in [2.24, 2.45) is 0 Å². The number of carbonyl (C=O) groups excluding carboxylic acids is 2. The Kier molecular flexibility index (Phi) is 2.99. The second-order valence-electron chi connectivity index (χ2n) is 4.11. The molecule has 1 aliphatic rings. The molecule has 0 saturated carbocycles. The Balaban J connectivity index is 2.12. The number of piperidine rings is 1. The molecule has 0 bridgehead atoms. The van der Waals surface area contributed by atoms with Crippen LogP contribution in [0.2, 0.25) is 0 Å². The summed E-state index contributed by atoms with van der Waals surface area (Å²) >= 11 is 0. The van der Waals surface area contributed by atoms with Gasteiger partial charge in [-0.2, -0.15) is 0 Å². The topological polar surface area (TPSA) is 75.4 Å². The highest BCUT2D eigenvalue weighted by Gasteiger charge is 2.31. The van der Waals surface area contributed by atoms with Crippen LogP contribution in [0.15, 0.2) is 24.3 Å². The zero-order chi connectivity index (χ0) is 12.4. The van der Waals surface area contributed by atoms with Gasteiger partial charge < -0.3 is 11.1 Å². The third-order valence-electron chi connectivity index (χ3n) is 2.94. The summed E-state index contributed by atoms with van der Waals surface area (Å²) in [5.41, 5.74) is 7.12. The highest BCUT2D eigenvalue weighted by atomic mass is 16.2. The fourth-order valence-corrected chi connectivity index (χ4v) is 1.87. The van der Waals surface area contributed by atoms with Gasteiger partial charge in [-0.15, -0.1) is 0 Å². The van der Waals surface area contributed by atoms with Crippen LogP contribution in [0.1, 0.15) is 12.8 Å². The monoisotopic (exact) mass is 233 g/mol. The van der Waals surface area contributed by atoms with Gasteiger partial charge in [0.05, 0.1) is 11.4 Å². The number of nitrogens with zero attached hydrogens (tertiary/aromatic N) is 1. The Bertz CT molecular complexity index is 459. The smallest absolute Gasteiger partial charge is 0.251 e. The van der Waals surface area contributed by atoms with Gasteiger partial charge in [-0.05, 0) is 18.6 Å². The van der Waals surface area contributed by atoms with Gasteiger partial charge in [0.15, 0.2) is 0 Å². The fourth-order valence-electron chi connectivity index (χ4n) is 1.87. The first kappa shape index (κ1) is 11.4. The van der Waals surface area contributed by atoms with Crippen molar-refractivity contribution in [3.05, 3.63) is 24.3 Å². The summed E-state index contributed by atoms with van der Waals surface area (Å²) in [7, 11) is 1.51. The largest absolute Gasteiger partial charge is 0.397 e. The lowest BCUT2D eigenvalue weighted by Crippen LogP contribution is -2.48. The molecule has 1 aromatic rings. The minimum absolute atomic E-state index is 0.130. The number of amides is 2. The molecule has 1 heterocycles. The molecule has 0 radical (unpaired) electrons. The molecule has 17 heavy (non-hydrogen) atoms. The van der Waals surface area contributed by atoms with E-state index in [1.54, 1.807) is 6.07 Å². The zero-order valence-corrected chi connectivity index (χ0v) is 9.64. The quantitative estimate of drug-likeness (QED) is 0.586. The van der Waals surface area contributed by atoms with E-state index in [0.29, 0.717) is 18.5 Å². The number of hydrogen-bond acceptors (Lipinski definition) is 4. The number of rotatable bonds is 2. The minimum Gasteiger partial charge on any atom is -0.397 e. The van der Waals surface area contributed by atoms with Gasteiger partial charge in [-0.25, -0.2) is 0 Å². The molecular formula is C12H15N3O2. The number of likely N-dealkylation sites (tertiary alicyclic amines) is 1. The summed E-state index contributed by atoms with van der Waals surface area (Å²) in [5, 5.41) is 3.08. The van der Waals surface area contributed by atoms with Gasteiger partial charge in [0, 0.05) is 13.5 Å². The van der Waals surface area contributed by atoms with E-state index >= 15 is 0 Å². The average molecular weight is 233 g/mol. The summed E-state index contributed by atoms with van der Waals surface area (Å²) in [6.45, 7) is 0. The number of imide groups is 1. The summed E-state index contributed by atoms with van der Waals surface area (Å²) in [6.07, 6.45) is 0.892. The standard InChI is InChI=1S/C12H15N3O2/c1-15-11(16)7-6-10(12(15)17)14-9-5-3-2-4-8(9)13/h2-5,10,14H,6-7,13H2,1H3. The van der Waals surface area contributed by atoms with E-state index in [-0.39, 0.29) is 17.9 Å². The van der Waals surface area contributed by atoms with Crippen LogP contribution in [-0.2, 0) is 9.59 Å². The molecule has 0 spiro atoms. The lowest BCUT2D eigenvalue weighted by atomic mass is 10.0. The molecule has 2 amide bonds. The Morgan fingerprint density at radius 2 is 2.06 bits per heavy atom. The maximum atomic E-state index is 11.9. The van der Waals surface area contributed by atoms with Gasteiger partial charge in [-0.1, -0.05) is 12.1 Å². The lowest BCUT2D eigenvalue weighted by Gasteiger charge is -2.29. The molecule has 3 N–H and O–H groups in total. The number of carbonyl (C=O) groups is 2. The number of anilines is 2. The van der Waals surface area contributed by atoms with Crippen molar-refractivity contribution in [1.82, 2.24) is 4.90 Å². The van der Waals surface area contributed by atoms with Crippen LogP contribution >= 0.6 is 0 Å². The van der Waals surface area contributed by atoms with Crippen molar-refractivity contribution in [2.45, 2.75) is 18.9 Å². The molecule has 0 aromatic heterocycles. The van der Waals surface area contributed by atoms with Crippen LogP contribution < -0.4 is 11.1 Å². The molecule has 1 fully saturated rings.